The summed E-state index contributed by atoms with van der Waals surface area (Å²) in [7, 11) is -3.56. The van der Waals surface area contributed by atoms with E-state index in [1.807, 2.05) is 13.8 Å². The molecule has 0 spiro atoms. The maximum Gasteiger partial charge on any atom is 0.293 e. The number of nitrogens with one attached hydrogen (secondary N) is 2. The van der Waals surface area contributed by atoms with Crippen LogP contribution in [-0.4, -0.2) is 43.8 Å². The lowest BCUT2D eigenvalue weighted by Gasteiger charge is -2.10. The smallest absolute Gasteiger partial charge is 0.293 e. The van der Waals surface area contributed by atoms with Crippen molar-refractivity contribution < 1.29 is 22.7 Å². The number of sulfone groups is 1. The average molecular weight is 410 g/mol. The van der Waals surface area contributed by atoms with Crippen molar-refractivity contribution >= 4 is 27.1 Å². The molecule has 152 valence electrons. The van der Waals surface area contributed by atoms with E-state index in [4.69, 9.17) is 4.52 Å². The maximum atomic E-state index is 12.4. The molecule has 1 aromatic carbocycles. The van der Waals surface area contributed by atoms with Gasteiger partial charge in [0.25, 0.3) is 11.6 Å². The number of carbonyl (C=O) groups is 1. The van der Waals surface area contributed by atoms with Crippen LogP contribution in [0.4, 0.5) is 11.4 Å². The van der Waals surface area contributed by atoms with Crippen molar-refractivity contribution in [2.45, 2.75) is 31.6 Å². The first-order valence-corrected chi connectivity index (χ1v) is 10.4. The number of hydrogen-bond acceptors (Lipinski definition) is 8. The summed E-state index contributed by atoms with van der Waals surface area (Å²) in [5, 5.41) is 20.6. The minimum atomic E-state index is -3.56. The molecule has 0 aliphatic heterocycles. The highest BCUT2D eigenvalue weighted by molar-refractivity contribution is 7.90. The van der Waals surface area contributed by atoms with Gasteiger partial charge in [0, 0.05) is 31.3 Å². The van der Waals surface area contributed by atoms with Gasteiger partial charge in [-0.05, 0) is 19.1 Å². The van der Waals surface area contributed by atoms with Crippen LogP contribution >= 0.6 is 0 Å². The molecule has 0 saturated heterocycles. The molecule has 0 aliphatic carbocycles. The maximum absolute atomic E-state index is 12.4. The number of aryl methyl sites for hydroxylation is 1. The van der Waals surface area contributed by atoms with E-state index in [0.717, 1.165) is 12.3 Å². The summed E-state index contributed by atoms with van der Waals surface area (Å²) in [6.45, 7) is 5.84. The minimum Gasteiger partial charge on any atom is -0.378 e. The molecule has 0 atom stereocenters. The molecule has 1 aromatic heterocycles. The SMILES string of the molecule is Cc1noc(C(C)C)c1C(=O)NCCNc1ccc(S(C)(=O)=O)cc1[N+](=O)[O-]. The third kappa shape index (κ3) is 4.85. The van der Waals surface area contributed by atoms with Crippen LogP contribution in [0.15, 0.2) is 27.6 Å². The van der Waals surface area contributed by atoms with Crippen molar-refractivity contribution in [1.82, 2.24) is 10.5 Å². The Morgan fingerprint density at radius 2 is 2.00 bits per heavy atom. The lowest BCUT2D eigenvalue weighted by atomic mass is 10.0. The van der Waals surface area contributed by atoms with E-state index in [9.17, 15) is 23.3 Å². The van der Waals surface area contributed by atoms with Crippen molar-refractivity contribution in [3.63, 3.8) is 0 Å². The normalized spacial score (nSPS) is 11.5. The van der Waals surface area contributed by atoms with E-state index in [2.05, 4.69) is 15.8 Å². The van der Waals surface area contributed by atoms with Gasteiger partial charge in [0.2, 0.25) is 0 Å². The fraction of sp³-hybridized carbons (Fsp3) is 0.412. The van der Waals surface area contributed by atoms with Crippen molar-refractivity contribution in [2.24, 2.45) is 0 Å². The predicted octanol–water partition coefficient (Wildman–Crippen LogP) is 2.26. The second-order valence-electron chi connectivity index (χ2n) is 6.55. The van der Waals surface area contributed by atoms with Gasteiger partial charge in [-0.2, -0.15) is 0 Å². The van der Waals surface area contributed by atoms with Crippen LogP contribution in [0.1, 0.15) is 41.6 Å². The van der Waals surface area contributed by atoms with E-state index in [0.29, 0.717) is 17.0 Å². The van der Waals surface area contributed by atoms with Gasteiger partial charge in [-0.25, -0.2) is 8.42 Å². The third-order valence-corrected chi connectivity index (χ3v) is 5.07. The number of rotatable bonds is 8. The molecule has 11 heteroatoms. The number of nitrogens with zero attached hydrogens (tertiary/aromatic N) is 2. The number of aromatic nitrogens is 1. The summed E-state index contributed by atoms with van der Waals surface area (Å²) < 4.78 is 28.3. The van der Waals surface area contributed by atoms with E-state index in [1.54, 1.807) is 6.92 Å². The Morgan fingerprint density at radius 1 is 1.32 bits per heavy atom. The number of carbonyl (C=O) groups excluding carboxylic acids is 1. The van der Waals surface area contributed by atoms with Crippen LogP contribution in [0.3, 0.4) is 0 Å². The van der Waals surface area contributed by atoms with E-state index in [-0.39, 0.29) is 41.2 Å². The van der Waals surface area contributed by atoms with Crippen LogP contribution in [-0.2, 0) is 9.84 Å². The van der Waals surface area contributed by atoms with Gasteiger partial charge in [-0.3, -0.25) is 14.9 Å². The van der Waals surface area contributed by atoms with Crippen LogP contribution in [0, 0.1) is 17.0 Å². The first kappa shape index (κ1) is 21.4. The van der Waals surface area contributed by atoms with Gasteiger partial charge in [0.1, 0.15) is 11.3 Å². The van der Waals surface area contributed by atoms with E-state index >= 15 is 0 Å². The van der Waals surface area contributed by atoms with Crippen LogP contribution in [0.5, 0.6) is 0 Å². The molecule has 2 N–H and O–H groups in total. The van der Waals surface area contributed by atoms with Crippen LogP contribution < -0.4 is 10.6 Å². The summed E-state index contributed by atoms with van der Waals surface area (Å²) in [6, 6.07) is 3.63. The highest BCUT2D eigenvalue weighted by Crippen LogP contribution is 2.27. The zero-order valence-electron chi connectivity index (χ0n) is 16.0. The van der Waals surface area contributed by atoms with Gasteiger partial charge in [-0.15, -0.1) is 0 Å². The van der Waals surface area contributed by atoms with Gasteiger partial charge in [0.05, 0.1) is 15.5 Å². The molecule has 2 rings (SSSR count). The zero-order chi connectivity index (χ0) is 21.1. The first-order valence-electron chi connectivity index (χ1n) is 8.49. The molecule has 0 fully saturated rings. The van der Waals surface area contributed by atoms with Gasteiger partial charge in [0.15, 0.2) is 15.6 Å². The molecular formula is C17H22N4O6S. The summed E-state index contributed by atoms with van der Waals surface area (Å²) >= 11 is 0. The summed E-state index contributed by atoms with van der Waals surface area (Å²) in [5.41, 5.74) is 0.682. The lowest BCUT2D eigenvalue weighted by Crippen LogP contribution is -2.29. The van der Waals surface area contributed by atoms with Crippen molar-refractivity contribution in [2.75, 3.05) is 24.7 Å². The molecule has 0 radical (unpaired) electrons. The Balaban J connectivity index is 2.03. The Bertz CT molecular complexity index is 997. The molecule has 10 nitrogen and oxygen atoms in total. The van der Waals surface area contributed by atoms with Crippen molar-refractivity contribution in [3.05, 3.63) is 45.3 Å². The quantitative estimate of drug-likeness (QED) is 0.383. The number of amides is 1. The molecule has 0 aliphatic rings. The molecule has 0 unspecified atom stereocenters. The summed E-state index contributed by atoms with van der Waals surface area (Å²) in [5.74, 6) is 0.150. The predicted molar refractivity (Wildman–Crippen MR) is 102 cm³/mol. The first-order chi connectivity index (χ1) is 13.0. The Labute approximate surface area is 162 Å². The number of nitro groups is 1. The zero-order valence-corrected chi connectivity index (χ0v) is 16.8. The molecule has 2 aromatic rings. The van der Waals surface area contributed by atoms with Crippen LogP contribution in [0.2, 0.25) is 0 Å². The fourth-order valence-corrected chi connectivity index (χ4v) is 3.20. The summed E-state index contributed by atoms with van der Waals surface area (Å²) in [6.07, 6.45) is 0.979. The third-order valence-electron chi connectivity index (χ3n) is 3.96. The van der Waals surface area contributed by atoms with E-state index in [1.165, 1.54) is 12.1 Å². The number of hydrogen-bond donors (Lipinski definition) is 2. The average Bonchev–Trinajstić information content (AvgIpc) is 2.99. The van der Waals surface area contributed by atoms with Crippen molar-refractivity contribution in [1.29, 1.82) is 0 Å². The van der Waals surface area contributed by atoms with Gasteiger partial charge < -0.3 is 15.2 Å². The van der Waals surface area contributed by atoms with E-state index < -0.39 is 14.8 Å². The molecular weight excluding hydrogens is 388 g/mol. The molecule has 0 saturated carbocycles. The van der Waals surface area contributed by atoms with Crippen molar-refractivity contribution in [3.8, 4) is 0 Å². The number of nitro benzene ring substituents is 1. The second kappa shape index (κ2) is 8.38. The van der Waals surface area contributed by atoms with Crippen LogP contribution in [0.25, 0.3) is 0 Å². The van der Waals surface area contributed by atoms with Gasteiger partial charge in [-0.1, -0.05) is 19.0 Å². The Hall–Kier alpha value is -2.95. The Morgan fingerprint density at radius 3 is 2.57 bits per heavy atom. The fourth-order valence-electron chi connectivity index (χ4n) is 2.56. The highest BCUT2D eigenvalue weighted by atomic mass is 32.2. The largest absolute Gasteiger partial charge is 0.378 e. The monoisotopic (exact) mass is 410 g/mol. The highest BCUT2D eigenvalue weighted by Gasteiger charge is 2.22. The molecule has 1 heterocycles. The molecule has 1 amide bonds. The van der Waals surface area contributed by atoms with Gasteiger partial charge >= 0.3 is 0 Å². The standard InChI is InChI=1S/C17H22N4O6S/c1-10(2)16-15(11(3)20-27-16)17(22)19-8-7-18-13-6-5-12(28(4,25)26)9-14(13)21(23)24/h5-6,9-10,18H,7-8H2,1-4H3,(H,19,22). The lowest BCUT2D eigenvalue weighted by molar-refractivity contribution is -0.384. The molecule has 0 bridgehead atoms. The number of anilines is 1. The summed E-state index contributed by atoms with van der Waals surface area (Å²) in [4.78, 5) is 22.8. The second-order valence-corrected chi connectivity index (χ2v) is 8.57. The Kier molecular flexibility index (Phi) is 6.39. The minimum absolute atomic E-state index is 0.00363. The molecule has 28 heavy (non-hydrogen) atoms. The topological polar surface area (TPSA) is 144 Å². The number of benzene rings is 1.